The van der Waals surface area contributed by atoms with Crippen molar-refractivity contribution in [2.75, 3.05) is 13.1 Å². The van der Waals surface area contributed by atoms with Crippen LogP contribution in [0.5, 0.6) is 0 Å². The van der Waals surface area contributed by atoms with E-state index in [0.717, 1.165) is 12.5 Å². The second-order valence-electron chi connectivity index (χ2n) is 5.89. The largest absolute Gasteiger partial charge is 0.339 e. The van der Waals surface area contributed by atoms with Gasteiger partial charge in [-0.25, -0.2) is 0 Å². The molecule has 1 heterocycles. The van der Waals surface area contributed by atoms with Gasteiger partial charge >= 0.3 is 0 Å². The summed E-state index contributed by atoms with van der Waals surface area (Å²) in [5.74, 6) is 1.46. The van der Waals surface area contributed by atoms with Crippen LogP contribution in [-0.4, -0.2) is 29.9 Å². The molecule has 0 bridgehead atoms. The lowest BCUT2D eigenvalue weighted by Crippen LogP contribution is -2.40. The van der Waals surface area contributed by atoms with E-state index in [0.29, 0.717) is 30.8 Å². The van der Waals surface area contributed by atoms with Crippen LogP contribution in [0.2, 0.25) is 0 Å². The molecule has 2 fully saturated rings. The number of nitrogens with zero attached hydrogens (tertiary/aromatic N) is 1. The number of nitrogens with two attached hydrogens (primary N) is 1. The molecule has 1 aliphatic heterocycles. The minimum Gasteiger partial charge on any atom is -0.339 e. The zero-order chi connectivity index (χ0) is 12.3. The fourth-order valence-corrected chi connectivity index (χ4v) is 3.43. The van der Waals surface area contributed by atoms with Crippen molar-refractivity contribution >= 4 is 5.91 Å². The van der Waals surface area contributed by atoms with E-state index in [-0.39, 0.29) is 0 Å². The van der Waals surface area contributed by atoms with Crippen LogP contribution in [0.4, 0.5) is 0 Å². The number of carbonyl (C=O) groups is 1. The number of hydrogen-bond donors (Lipinski definition) is 1. The highest BCUT2D eigenvalue weighted by Crippen LogP contribution is 2.35. The Morgan fingerprint density at radius 3 is 2.65 bits per heavy atom. The fraction of sp³-hybridized carbons (Fsp3) is 0.929. The van der Waals surface area contributed by atoms with Crippen LogP contribution >= 0.6 is 0 Å². The summed E-state index contributed by atoms with van der Waals surface area (Å²) in [6, 6.07) is 0.551. The average molecular weight is 238 g/mol. The highest BCUT2D eigenvalue weighted by atomic mass is 16.2. The molecule has 1 saturated carbocycles. The Kier molecular flexibility index (Phi) is 4.43. The predicted molar refractivity (Wildman–Crippen MR) is 69.5 cm³/mol. The standard InChI is InChI=1S/C14H26N2O/c1-11(10-15)9-14(17)16-8-4-7-13(16)12-5-2-3-6-12/h11-13H,2-10,15H2,1H3. The molecule has 2 atom stereocenters. The molecule has 2 N–H and O–H groups in total. The normalized spacial score (nSPS) is 27.6. The second-order valence-corrected chi connectivity index (χ2v) is 5.89. The van der Waals surface area contributed by atoms with E-state index in [1.807, 2.05) is 0 Å². The molecule has 2 unspecified atom stereocenters. The molecule has 2 aliphatic rings. The SMILES string of the molecule is CC(CN)CC(=O)N1CCCC1C1CCCC1. The van der Waals surface area contributed by atoms with Gasteiger partial charge in [0.1, 0.15) is 0 Å². The summed E-state index contributed by atoms with van der Waals surface area (Å²) in [6.45, 7) is 3.67. The molecule has 17 heavy (non-hydrogen) atoms. The van der Waals surface area contributed by atoms with Gasteiger partial charge < -0.3 is 10.6 Å². The lowest BCUT2D eigenvalue weighted by atomic mass is 9.95. The predicted octanol–water partition coefficient (Wildman–Crippen LogP) is 2.15. The minimum atomic E-state index is 0.326. The van der Waals surface area contributed by atoms with Crippen molar-refractivity contribution < 1.29 is 4.79 Å². The summed E-state index contributed by atoms with van der Waals surface area (Å²) in [5.41, 5.74) is 5.61. The lowest BCUT2D eigenvalue weighted by Gasteiger charge is -2.30. The van der Waals surface area contributed by atoms with Crippen LogP contribution < -0.4 is 5.73 Å². The molecule has 1 amide bonds. The van der Waals surface area contributed by atoms with Crippen LogP contribution in [0, 0.1) is 11.8 Å². The fourth-order valence-electron chi connectivity index (χ4n) is 3.43. The molecule has 0 aromatic heterocycles. The molecule has 0 spiro atoms. The maximum atomic E-state index is 12.3. The van der Waals surface area contributed by atoms with Crippen LogP contribution in [0.25, 0.3) is 0 Å². The lowest BCUT2D eigenvalue weighted by molar-refractivity contribution is -0.133. The Balaban J connectivity index is 1.91. The van der Waals surface area contributed by atoms with Gasteiger partial charge in [-0.2, -0.15) is 0 Å². The van der Waals surface area contributed by atoms with Gasteiger partial charge in [0.15, 0.2) is 0 Å². The summed E-state index contributed by atoms with van der Waals surface area (Å²) in [4.78, 5) is 14.4. The van der Waals surface area contributed by atoms with E-state index >= 15 is 0 Å². The third-order valence-corrected chi connectivity index (χ3v) is 4.49. The van der Waals surface area contributed by atoms with Crippen molar-refractivity contribution in [3.8, 4) is 0 Å². The first-order valence-corrected chi connectivity index (χ1v) is 7.22. The van der Waals surface area contributed by atoms with Gasteiger partial charge in [0.25, 0.3) is 0 Å². The van der Waals surface area contributed by atoms with Crippen molar-refractivity contribution in [1.82, 2.24) is 4.90 Å². The molecule has 0 aromatic carbocycles. The molecule has 2 rings (SSSR count). The second kappa shape index (κ2) is 5.85. The molecular weight excluding hydrogens is 212 g/mol. The van der Waals surface area contributed by atoms with E-state index in [1.165, 1.54) is 38.5 Å². The third kappa shape index (κ3) is 3.01. The first-order valence-electron chi connectivity index (χ1n) is 7.22. The Labute approximate surface area is 105 Å². The van der Waals surface area contributed by atoms with Gasteiger partial charge in [0.2, 0.25) is 5.91 Å². The van der Waals surface area contributed by atoms with E-state index in [9.17, 15) is 4.79 Å². The Hall–Kier alpha value is -0.570. The maximum Gasteiger partial charge on any atom is 0.223 e. The summed E-state index contributed by atoms with van der Waals surface area (Å²) < 4.78 is 0. The van der Waals surface area contributed by atoms with Crippen molar-refractivity contribution in [1.29, 1.82) is 0 Å². The first kappa shape index (κ1) is 12.9. The summed E-state index contributed by atoms with van der Waals surface area (Å²) in [6.07, 6.45) is 8.46. The minimum absolute atomic E-state index is 0.326. The zero-order valence-electron chi connectivity index (χ0n) is 11.0. The van der Waals surface area contributed by atoms with E-state index in [1.54, 1.807) is 0 Å². The average Bonchev–Trinajstić information content (AvgIpc) is 2.98. The zero-order valence-corrected chi connectivity index (χ0v) is 11.0. The van der Waals surface area contributed by atoms with E-state index in [2.05, 4.69) is 11.8 Å². The van der Waals surface area contributed by atoms with Gasteiger partial charge in [-0.05, 0) is 44.1 Å². The smallest absolute Gasteiger partial charge is 0.223 e. The van der Waals surface area contributed by atoms with Crippen molar-refractivity contribution in [3.05, 3.63) is 0 Å². The maximum absolute atomic E-state index is 12.3. The van der Waals surface area contributed by atoms with Crippen molar-refractivity contribution in [3.63, 3.8) is 0 Å². The molecular formula is C14H26N2O. The summed E-state index contributed by atoms with van der Waals surface area (Å²) in [5, 5.41) is 0. The first-order chi connectivity index (χ1) is 8.22. The number of amides is 1. The van der Waals surface area contributed by atoms with Crippen LogP contribution in [0.15, 0.2) is 0 Å². The van der Waals surface area contributed by atoms with Gasteiger partial charge in [0, 0.05) is 19.0 Å². The molecule has 98 valence electrons. The van der Waals surface area contributed by atoms with Gasteiger partial charge in [0.05, 0.1) is 0 Å². The quantitative estimate of drug-likeness (QED) is 0.815. The van der Waals surface area contributed by atoms with Crippen LogP contribution in [0.3, 0.4) is 0 Å². The Morgan fingerprint density at radius 2 is 2.00 bits per heavy atom. The monoisotopic (exact) mass is 238 g/mol. The molecule has 0 aromatic rings. The molecule has 0 radical (unpaired) electrons. The van der Waals surface area contributed by atoms with Gasteiger partial charge in [-0.15, -0.1) is 0 Å². The Morgan fingerprint density at radius 1 is 1.29 bits per heavy atom. The van der Waals surface area contributed by atoms with Crippen molar-refractivity contribution in [2.45, 2.75) is 57.9 Å². The number of carbonyl (C=O) groups excluding carboxylic acids is 1. The molecule has 3 heteroatoms. The van der Waals surface area contributed by atoms with E-state index in [4.69, 9.17) is 5.73 Å². The number of rotatable bonds is 4. The van der Waals surface area contributed by atoms with Crippen LogP contribution in [0.1, 0.15) is 51.9 Å². The van der Waals surface area contributed by atoms with Crippen LogP contribution in [-0.2, 0) is 4.79 Å². The highest BCUT2D eigenvalue weighted by molar-refractivity contribution is 5.77. The van der Waals surface area contributed by atoms with E-state index < -0.39 is 0 Å². The topological polar surface area (TPSA) is 46.3 Å². The molecule has 1 aliphatic carbocycles. The summed E-state index contributed by atoms with van der Waals surface area (Å²) in [7, 11) is 0. The molecule has 1 saturated heterocycles. The highest BCUT2D eigenvalue weighted by Gasteiger charge is 2.35. The number of likely N-dealkylation sites (tertiary alicyclic amines) is 1. The number of hydrogen-bond acceptors (Lipinski definition) is 2. The Bertz CT molecular complexity index is 261. The summed E-state index contributed by atoms with van der Waals surface area (Å²) >= 11 is 0. The third-order valence-electron chi connectivity index (χ3n) is 4.49. The van der Waals surface area contributed by atoms with Gasteiger partial charge in [-0.1, -0.05) is 19.8 Å². The molecule has 3 nitrogen and oxygen atoms in total. The van der Waals surface area contributed by atoms with Crippen molar-refractivity contribution in [2.24, 2.45) is 17.6 Å². The van der Waals surface area contributed by atoms with Gasteiger partial charge in [-0.3, -0.25) is 4.79 Å².